The number of rotatable bonds is 3. The first-order chi connectivity index (χ1) is 13.6. The van der Waals surface area contributed by atoms with Crippen molar-refractivity contribution >= 4 is 23.5 Å². The largest absolute Gasteiger partial charge is 0.353 e. The molecule has 7 nitrogen and oxygen atoms in total. The predicted molar refractivity (Wildman–Crippen MR) is 110 cm³/mol. The molecular formula is C20H25N5O2S. The van der Waals surface area contributed by atoms with Crippen LogP contribution in [-0.2, 0) is 17.8 Å². The SMILES string of the molecule is CCc1c(C)nc2n(c1=O)C[C@H](C(=O)N1CCN(c3ccccn3)CC1)CS2. The molecule has 1 saturated heterocycles. The van der Waals surface area contributed by atoms with Gasteiger partial charge in [0.25, 0.3) is 5.56 Å². The van der Waals surface area contributed by atoms with Crippen molar-refractivity contribution in [1.29, 1.82) is 0 Å². The Morgan fingerprint density at radius 2 is 2.04 bits per heavy atom. The number of hydrogen-bond donors (Lipinski definition) is 0. The number of hydrogen-bond acceptors (Lipinski definition) is 6. The first kappa shape index (κ1) is 19.0. The number of anilines is 1. The van der Waals surface area contributed by atoms with Crippen LogP contribution in [0.15, 0.2) is 34.3 Å². The van der Waals surface area contributed by atoms with Gasteiger partial charge < -0.3 is 9.80 Å². The van der Waals surface area contributed by atoms with Crippen molar-refractivity contribution in [3.63, 3.8) is 0 Å². The van der Waals surface area contributed by atoms with Gasteiger partial charge in [0.05, 0.1) is 5.92 Å². The fraction of sp³-hybridized carbons (Fsp3) is 0.500. The lowest BCUT2D eigenvalue weighted by molar-refractivity contribution is -0.135. The molecule has 1 atom stereocenters. The fourth-order valence-corrected chi connectivity index (χ4v) is 5.02. The Bertz CT molecular complexity index is 922. The molecule has 28 heavy (non-hydrogen) atoms. The van der Waals surface area contributed by atoms with E-state index in [-0.39, 0.29) is 17.4 Å². The molecule has 1 amide bonds. The van der Waals surface area contributed by atoms with Crippen LogP contribution in [0, 0.1) is 12.8 Å². The second kappa shape index (κ2) is 7.95. The Morgan fingerprint density at radius 3 is 2.71 bits per heavy atom. The van der Waals surface area contributed by atoms with Crippen LogP contribution in [0.3, 0.4) is 0 Å². The van der Waals surface area contributed by atoms with Gasteiger partial charge in [0.1, 0.15) is 5.82 Å². The average molecular weight is 400 g/mol. The highest BCUT2D eigenvalue weighted by molar-refractivity contribution is 7.99. The van der Waals surface area contributed by atoms with E-state index in [4.69, 9.17) is 0 Å². The molecule has 8 heteroatoms. The molecule has 0 radical (unpaired) electrons. The fourth-order valence-electron chi connectivity index (χ4n) is 3.91. The number of piperazine rings is 1. The summed E-state index contributed by atoms with van der Waals surface area (Å²) in [7, 11) is 0. The summed E-state index contributed by atoms with van der Waals surface area (Å²) in [6.45, 7) is 7.22. The molecule has 2 aliphatic rings. The highest BCUT2D eigenvalue weighted by atomic mass is 32.2. The van der Waals surface area contributed by atoms with Crippen molar-refractivity contribution in [1.82, 2.24) is 19.4 Å². The van der Waals surface area contributed by atoms with Crippen LogP contribution < -0.4 is 10.5 Å². The van der Waals surface area contributed by atoms with Crippen LogP contribution >= 0.6 is 11.8 Å². The number of carbonyl (C=O) groups excluding carboxylic acids is 1. The van der Waals surface area contributed by atoms with Crippen LogP contribution in [0.5, 0.6) is 0 Å². The van der Waals surface area contributed by atoms with Crippen molar-refractivity contribution < 1.29 is 4.79 Å². The third kappa shape index (κ3) is 3.53. The molecule has 0 unspecified atom stereocenters. The minimum atomic E-state index is -0.175. The summed E-state index contributed by atoms with van der Waals surface area (Å²) in [5.74, 6) is 1.60. The van der Waals surface area contributed by atoms with Crippen molar-refractivity contribution in [2.75, 3.05) is 36.8 Å². The summed E-state index contributed by atoms with van der Waals surface area (Å²) in [6.07, 6.45) is 2.46. The van der Waals surface area contributed by atoms with Crippen molar-refractivity contribution in [3.8, 4) is 0 Å². The number of amides is 1. The number of aryl methyl sites for hydroxylation is 1. The second-order valence-electron chi connectivity index (χ2n) is 7.24. The van der Waals surface area contributed by atoms with E-state index in [1.165, 1.54) is 11.8 Å². The van der Waals surface area contributed by atoms with E-state index in [2.05, 4.69) is 14.9 Å². The quantitative estimate of drug-likeness (QED) is 0.730. The Morgan fingerprint density at radius 1 is 1.25 bits per heavy atom. The van der Waals surface area contributed by atoms with Gasteiger partial charge in [0, 0.05) is 55.9 Å². The zero-order valence-electron chi connectivity index (χ0n) is 16.3. The molecule has 4 heterocycles. The molecule has 148 valence electrons. The van der Waals surface area contributed by atoms with Crippen LogP contribution in [0.25, 0.3) is 0 Å². The van der Waals surface area contributed by atoms with Gasteiger partial charge in [-0.05, 0) is 25.5 Å². The minimum absolute atomic E-state index is 0.00923. The summed E-state index contributed by atoms with van der Waals surface area (Å²) in [5.41, 5.74) is 1.57. The van der Waals surface area contributed by atoms with E-state index in [0.29, 0.717) is 31.8 Å². The summed E-state index contributed by atoms with van der Waals surface area (Å²) < 4.78 is 1.70. The lowest BCUT2D eigenvalue weighted by Gasteiger charge is -2.37. The van der Waals surface area contributed by atoms with Gasteiger partial charge in [0.2, 0.25) is 5.91 Å². The van der Waals surface area contributed by atoms with Crippen molar-refractivity contribution in [2.45, 2.75) is 32.0 Å². The number of carbonyl (C=O) groups is 1. The van der Waals surface area contributed by atoms with Gasteiger partial charge in [-0.3, -0.25) is 14.2 Å². The molecule has 2 aromatic rings. The first-order valence-corrected chi connectivity index (χ1v) is 10.7. The summed E-state index contributed by atoms with van der Waals surface area (Å²) in [6, 6.07) is 5.89. The first-order valence-electron chi connectivity index (χ1n) is 9.76. The molecule has 0 saturated carbocycles. The Balaban J connectivity index is 1.44. The Kier molecular flexibility index (Phi) is 5.39. The van der Waals surface area contributed by atoms with E-state index in [1.807, 2.05) is 36.9 Å². The standard InChI is InChI=1S/C20H25N5O2S/c1-3-16-14(2)22-20-25(19(16)27)12-15(13-28-20)18(26)24-10-8-23(9-11-24)17-6-4-5-7-21-17/h4-7,15H,3,8-13H2,1-2H3/t15-/m0/s1. The van der Waals surface area contributed by atoms with Crippen LogP contribution in [-0.4, -0.2) is 57.3 Å². The predicted octanol–water partition coefficient (Wildman–Crippen LogP) is 1.58. The lowest BCUT2D eigenvalue weighted by atomic mass is 10.1. The monoisotopic (exact) mass is 399 g/mol. The van der Waals surface area contributed by atoms with Crippen molar-refractivity contribution in [3.05, 3.63) is 46.0 Å². The lowest BCUT2D eigenvalue weighted by Crippen LogP contribution is -2.52. The maximum atomic E-state index is 13.1. The molecule has 2 aliphatic heterocycles. The van der Waals surface area contributed by atoms with Gasteiger partial charge in [-0.15, -0.1) is 0 Å². The molecule has 4 rings (SSSR count). The number of thioether (sulfide) groups is 1. The van der Waals surface area contributed by atoms with Crippen LogP contribution in [0.4, 0.5) is 5.82 Å². The van der Waals surface area contributed by atoms with Crippen LogP contribution in [0.2, 0.25) is 0 Å². The van der Waals surface area contributed by atoms with E-state index in [9.17, 15) is 9.59 Å². The molecule has 0 spiro atoms. The molecule has 2 aromatic heterocycles. The number of nitrogens with zero attached hydrogens (tertiary/aromatic N) is 5. The topological polar surface area (TPSA) is 71.3 Å². The average Bonchev–Trinajstić information content (AvgIpc) is 2.74. The van der Waals surface area contributed by atoms with Gasteiger partial charge in [0.15, 0.2) is 5.16 Å². The number of aromatic nitrogens is 3. The van der Waals surface area contributed by atoms with Crippen LogP contribution in [0.1, 0.15) is 18.2 Å². The second-order valence-corrected chi connectivity index (χ2v) is 8.22. The zero-order chi connectivity index (χ0) is 19.7. The third-order valence-corrected chi connectivity index (χ3v) is 6.66. The van der Waals surface area contributed by atoms with E-state index < -0.39 is 0 Å². The third-order valence-electron chi connectivity index (χ3n) is 5.52. The normalized spacial score (nSPS) is 19.4. The Hall–Kier alpha value is -2.35. The number of pyridine rings is 1. The molecule has 0 aliphatic carbocycles. The van der Waals surface area contributed by atoms with Gasteiger partial charge in [-0.2, -0.15) is 0 Å². The highest BCUT2D eigenvalue weighted by Crippen LogP contribution is 2.27. The maximum absolute atomic E-state index is 13.1. The summed E-state index contributed by atoms with van der Waals surface area (Å²) in [5, 5.41) is 0.740. The van der Waals surface area contributed by atoms with E-state index >= 15 is 0 Å². The summed E-state index contributed by atoms with van der Waals surface area (Å²) >= 11 is 1.52. The van der Waals surface area contributed by atoms with Crippen molar-refractivity contribution in [2.24, 2.45) is 5.92 Å². The van der Waals surface area contributed by atoms with Gasteiger partial charge in [-0.1, -0.05) is 24.8 Å². The minimum Gasteiger partial charge on any atom is -0.353 e. The molecule has 0 aromatic carbocycles. The number of fused-ring (bicyclic) bond motifs is 1. The zero-order valence-corrected chi connectivity index (χ0v) is 17.1. The van der Waals surface area contributed by atoms with Gasteiger partial charge in [-0.25, -0.2) is 9.97 Å². The van der Waals surface area contributed by atoms with E-state index in [0.717, 1.165) is 35.3 Å². The molecule has 1 fully saturated rings. The summed E-state index contributed by atoms with van der Waals surface area (Å²) in [4.78, 5) is 39.0. The highest BCUT2D eigenvalue weighted by Gasteiger charge is 2.32. The Labute approximate surface area is 168 Å². The maximum Gasteiger partial charge on any atom is 0.257 e. The molecule has 0 bridgehead atoms. The van der Waals surface area contributed by atoms with E-state index in [1.54, 1.807) is 10.8 Å². The molecule has 0 N–H and O–H groups in total. The van der Waals surface area contributed by atoms with Gasteiger partial charge >= 0.3 is 0 Å². The smallest absolute Gasteiger partial charge is 0.257 e. The molecular weight excluding hydrogens is 374 g/mol.